The van der Waals surface area contributed by atoms with Gasteiger partial charge in [-0.2, -0.15) is 0 Å². The normalized spacial score (nSPS) is 17.7. The topological polar surface area (TPSA) is 39.3 Å². The van der Waals surface area contributed by atoms with Crippen LogP contribution in [0.1, 0.15) is 55.2 Å². The van der Waals surface area contributed by atoms with Crippen LogP contribution >= 0.6 is 0 Å². The van der Waals surface area contributed by atoms with Gasteiger partial charge < -0.3 is 9.88 Å². The van der Waals surface area contributed by atoms with Crippen LogP contribution in [0.25, 0.3) is 10.9 Å². The molecular formula is C27H35N3O. The monoisotopic (exact) mass is 417 g/mol. The Labute approximate surface area is 186 Å². The number of aromatic nitrogens is 1. The second-order valence-corrected chi connectivity index (χ2v) is 9.49. The smallest absolute Gasteiger partial charge is 0.270 e. The zero-order valence-corrected chi connectivity index (χ0v) is 19.3. The van der Waals surface area contributed by atoms with Crippen LogP contribution in [0.3, 0.4) is 0 Å². The van der Waals surface area contributed by atoms with Crippen molar-refractivity contribution in [1.29, 1.82) is 0 Å². The van der Waals surface area contributed by atoms with Crippen molar-refractivity contribution < 1.29 is 4.79 Å². The third kappa shape index (κ3) is 4.54. The second kappa shape index (κ2) is 8.88. The Hall–Kier alpha value is -2.59. The van der Waals surface area contributed by atoms with Crippen LogP contribution in [0.2, 0.25) is 0 Å². The first-order valence-corrected chi connectivity index (χ1v) is 11.6. The predicted molar refractivity (Wildman–Crippen MR) is 128 cm³/mol. The molecule has 3 aromatic rings. The first kappa shape index (κ1) is 21.6. The van der Waals surface area contributed by atoms with E-state index in [2.05, 4.69) is 61.8 Å². The quantitative estimate of drug-likeness (QED) is 0.568. The molecule has 1 saturated heterocycles. The van der Waals surface area contributed by atoms with E-state index < -0.39 is 0 Å². The molecule has 4 nitrogen and oxygen atoms in total. The predicted octanol–water partition coefficient (Wildman–Crippen LogP) is 5.59. The second-order valence-electron chi connectivity index (χ2n) is 9.49. The first-order valence-electron chi connectivity index (χ1n) is 11.6. The lowest BCUT2D eigenvalue weighted by Gasteiger charge is -2.45. The van der Waals surface area contributed by atoms with Crippen molar-refractivity contribution in [3.8, 4) is 0 Å². The molecule has 1 atom stereocenters. The van der Waals surface area contributed by atoms with Gasteiger partial charge in [0.1, 0.15) is 5.69 Å². The number of piperidine rings is 1. The van der Waals surface area contributed by atoms with E-state index in [0.717, 1.165) is 37.1 Å². The molecule has 4 rings (SSSR count). The van der Waals surface area contributed by atoms with Crippen molar-refractivity contribution in [2.24, 2.45) is 5.92 Å². The number of carbonyl (C=O) groups is 1. The molecule has 1 fully saturated rings. The molecule has 0 aliphatic carbocycles. The maximum atomic E-state index is 13.2. The molecule has 2 aromatic carbocycles. The van der Waals surface area contributed by atoms with Gasteiger partial charge in [-0.1, -0.05) is 48.0 Å². The molecule has 31 heavy (non-hydrogen) atoms. The van der Waals surface area contributed by atoms with Gasteiger partial charge in [0.25, 0.3) is 5.91 Å². The van der Waals surface area contributed by atoms with Crippen LogP contribution < -0.4 is 0 Å². The Morgan fingerprint density at radius 3 is 2.61 bits per heavy atom. The number of nitrogens with one attached hydrogen (secondary N) is 1. The Kier molecular flexibility index (Phi) is 6.19. The highest BCUT2D eigenvalue weighted by Gasteiger charge is 2.33. The number of aryl methyl sites for hydroxylation is 1. The number of benzene rings is 2. The van der Waals surface area contributed by atoms with Gasteiger partial charge in [-0.25, -0.2) is 0 Å². The van der Waals surface area contributed by atoms with Crippen LogP contribution in [-0.2, 0) is 5.54 Å². The highest BCUT2D eigenvalue weighted by Crippen LogP contribution is 2.32. The van der Waals surface area contributed by atoms with Gasteiger partial charge in [-0.3, -0.25) is 9.69 Å². The molecule has 1 N–H and O–H groups in total. The van der Waals surface area contributed by atoms with Gasteiger partial charge in [-0.05, 0) is 70.7 Å². The summed E-state index contributed by atoms with van der Waals surface area (Å²) in [4.78, 5) is 21.2. The van der Waals surface area contributed by atoms with Crippen molar-refractivity contribution in [2.75, 3.05) is 26.2 Å². The minimum Gasteiger partial charge on any atom is -0.351 e. The van der Waals surface area contributed by atoms with E-state index in [9.17, 15) is 4.79 Å². The number of aromatic amines is 1. The minimum absolute atomic E-state index is 0.00932. The molecule has 2 heterocycles. The van der Waals surface area contributed by atoms with Gasteiger partial charge in [0.15, 0.2) is 0 Å². The highest BCUT2D eigenvalue weighted by molar-refractivity contribution is 5.98. The van der Waals surface area contributed by atoms with Crippen molar-refractivity contribution in [3.05, 3.63) is 71.4 Å². The average molecular weight is 418 g/mol. The summed E-state index contributed by atoms with van der Waals surface area (Å²) in [6.45, 7) is 12.5. The van der Waals surface area contributed by atoms with E-state index in [4.69, 9.17) is 0 Å². The molecule has 0 bridgehead atoms. The first-order chi connectivity index (χ1) is 14.9. The van der Waals surface area contributed by atoms with Gasteiger partial charge in [0.05, 0.1) is 0 Å². The highest BCUT2D eigenvalue weighted by atomic mass is 16.2. The Bertz CT molecular complexity index is 1000. The molecule has 1 aliphatic rings. The summed E-state index contributed by atoms with van der Waals surface area (Å²) in [5.41, 5.74) is 4.36. The molecule has 0 spiro atoms. The number of nitrogens with zero attached hydrogens (tertiary/aromatic N) is 2. The molecule has 1 aromatic heterocycles. The third-order valence-electron chi connectivity index (χ3n) is 6.98. The number of amides is 1. The fourth-order valence-corrected chi connectivity index (χ4v) is 4.89. The van der Waals surface area contributed by atoms with E-state index in [1.807, 2.05) is 35.2 Å². The van der Waals surface area contributed by atoms with Crippen molar-refractivity contribution >= 4 is 16.8 Å². The number of fused-ring (bicyclic) bond motifs is 1. The van der Waals surface area contributed by atoms with Gasteiger partial charge >= 0.3 is 0 Å². The summed E-state index contributed by atoms with van der Waals surface area (Å²) < 4.78 is 0. The van der Waals surface area contributed by atoms with Crippen LogP contribution in [0.5, 0.6) is 0 Å². The van der Waals surface area contributed by atoms with Crippen molar-refractivity contribution in [3.63, 3.8) is 0 Å². The van der Waals surface area contributed by atoms with E-state index in [1.54, 1.807) is 0 Å². The molecule has 0 radical (unpaired) electrons. The summed E-state index contributed by atoms with van der Waals surface area (Å²) >= 11 is 0. The maximum absolute atomic E-state index is 13.2. The third-order valence-corrected chi connectivity index (χ3v) is 6.98. The van der Waals surface area contributed by atoms with E-state index in [-0.39, 0.29) is 11.4 Å². The number of para-hydroxylation sites is 1. The lowest BCUT2D eigenvalue weighted by Crippen LogP contribution is -2.49. The van der Waals surface area contributed by atoms with Crippen molar-refractivity contribution in [2.45, 2.75) is 46.1 Å². The van der Waals surface area contributed by atoms with E-state index in [1.165, 1.54) is 24.0 Å². The molecule has 1 amide bonds. The fraction of sp³-hybridized carbons (Fsp3) is 0.444. The van der Waals surface area contributed by atoms with Gasteiger partial charge in [0, 0.05) is 36.1 Å². The number of likely N-dealkylation sites (tertiary alicyclic amines) is 1. The number of rotatable bonds is 6. The zero-order valence-electron chi connectivity index (χ0n) is 19.3. The summed E-state index contributed by atoms with van der Waals surface area (Å²) in [7, 11) is 0. The number of hydrogen-bond acceptors (Lipinski definition) is 2. The Morgan fingerprint density at radius 1 is 1.16 bits per heavy atom. The molecular weight excluding hydrogens is 382 g/mol. The summed E-state index contributed by atoms with van der Waals surface area (Å²) in [6, 6.07) is 19.0. The van der Waals surface area contributed by atoms with Crippen LogP contribution in [0.15, 0.2) is 54.6 Å². The van der Waals surface area contributed by atoms with E-state index in [0.29, 0.717) is 11.6 Å². The molecule has 4 heteroatoms. The summed E-state index contributed by atoms with van der Waals surface area (Å²) in [5.74, 6) is 0.598. The van der Waals surface area contributed by atoms with Crippen LogP contribution in [0, 0.1) is 12.8 Å². The lowest BCUT2D eigenvalue weighted by molar-refractivity contribution is 0.0461. The van der Waals surface area contributed by atoms with Gasteiger partial charge in [0.2, 0.25) is 0 Å². The summed E-state index contributed by atoms with van der Waals surface area (Å²) in [5, 5.41) is 1.09. The molecule has 0 saturated carbocycles. The Morgan fingerprint density at radius 2 is 1.90 bits per heavy atom. The Balaban J connectivity index is 1.46. The zero-order chi connectivity index (χ0) is 22.0. The maximum Gasteiger partial charge on any atom is 0.270 e. The van der Waals surface area contributed by atoms with Crippen molar-refractivity contribution in [1.82, 2.24) is 14.8 Å². The summed E-state index contributed by atoms with van der Waals surface area (Å²) in [6.07, 6.45) is 2.36. The number of hydrogen-bond donors (Lipinski definition) is 1. The molecule has 1 unspecified atom stereocenters. The SMILES string of the molecule is CCN(CC1CCCN(C(C)(C)c2ccc(C)cc2)C1)C(=O)c1cc2ccccc2[nH]1. The molecule has 164 valence electrons. The largest absolute Gasteiger partial charge is 0.351 e. The van der Waals surface area contributed by atoms with Gasteiger partial charge in [-0.15, -0.1) is 0 Å². The number of carbonyl (C=O) groups excluding carboxylic acids is 1. The van der Waals surface area contributed by atoms with Crippen LogP contribution in [0.4, 0.5) is 0 Å². The van der Waals surface area contributed by atoms with Crippen LogP contribution in [-0.4, -0.2) is 46.9 Å². The minimum atomic E-state index is -0.00932. The lowest BCUT2D eigenvalue weighted by atomic mass is 9.87. The van der Waals surface area contributed by atoms with E-state index >= 15 is 0 Å². The standard InChI is InChI=1S/C27H35N3O/c1-5-29(26(31)25-17-22-10-6-7-11-24(22)28-25)18-21-9-8-16-30(19-21)27(3,4)23-14-12-20(2)13-15-23/h6-7,10-15,17,21,28H,5,8-9,16,18-19H2,1-4H3. The molecule has 1 aliphatic heterocycles. The number of H-pyrrole nitrogens is 1. The average Bonchev–Trinajstić information content (AvgIpc) is 3.22. The fourth-order valence-electron chi connectivity index (χ4n) is 4.89.